The minimum absolute atomic E-state index is 0.115. The molecule has 1 aromatic carbocycles. The second kappa shape index (κ2) is 9.05. The van der Waals surface area contributed by atoms with Crippen LogP contribution in [0, 0.1) is 10.1 Å². The summed E-state index contributed by atoms with van der Waals surface area (Å²) in [7, 11) is 1.26. The van der Waals surface area contributed by atoms with Crippen LogP contribution in [-0.4, -0.2) is 38.9 Å². The molecular weight excluding hydrogens is 394 g/mol. The van der Waals surface area contributed by atoms with E-state index in [-0.39, 0.29) is 17.3 Å². The van der Waals surface area contributed by atoms with Crippen LogP contribution in [0.25, 0.3) is 0 Å². The normalized spacial score (nSPS) is 10.0. The number of carbonyl (C=O) groups excluding carboxylic acids is 2. The van der Waals surface area contributed by atoms with Crippen molar-refractivity contribution in [3.8, 4) is 0 Å². The molecule has 0 fully saturated rings. The molecule has 0 unspecified atom stereocenters. The molecule has 2 heterocycles. The number of benzene rings is 1. The highest BCUT2D eigenvalue weighted by Gasteiger charge is 2.24. The Morgan fingerprint density at radius 3 is 2.40 bits per heavy atom. The van der Waals surface area contributed by atoms with Gasteiger partial charge in [0, 0.05) is 11.9 Å². The zero-order chi connectivity index (χ0) is 21.5. The fourth-order valence-electron chi connectivity index (χ4n) is 2.36. The lowest BCUT2D eigenvalue weighted by atomic mass is 10.2. The number of hydrazine groups is 1. The van der Waals surface area contributed by atoms with Gasteiger partial charge < -0.3 is 10.1 Å². The van der Waals surface area contributed by atoms with Gasteiger partial charge in [0.05, 0.1) is 17.6 Å². The molecule has 0 spiro atoms. The van der Waals surface area contributed by atoms with E-state index in [1.165, 1.54) is 43.6 Å². The summed E-state index contributed by atoms with van der Waals surface area (Å²) in [5.74, 6) is -1.45. The second-order valence-corrected chi connectivity index (χ2v) is 5.66. The van der Waals surface area contributed by atoms with Gasteiger partial charge in [0.1, 0.15) is 12.0 Å². The lowest BCUT2D eigenvalue weighted by Gasteiger charge is -2.11. The van der Waals surface area contributed by atoms with Gasteiger partial charge in [-0.2, -0.15) is 0 Å². The minimum atomic E-state index is -0.694. The Bertz CT molecular complexity index is 1070. The molecule has 0 aliphatic carbocycles. The fourth-order valence-corrected chi connectivity index (χ4v) is 2.36. The van der Waals surface area contributed by atoms with Gasteiger partial charge in [0.2, 0.25) is 11.6 Å². The van der Waals surface area contributed by atoms with E-state index in [1.807, 2.05) is 0 Å². The van der Waals surface area contributed by atoms with E-state index >= 15 is 0 Å². The van der Waals surface area contributed by atoms with Crippen molar-refractivity contribution >= 4 is 34.9 Å². The van der Waals surface area contributed by atoms with Crippen LogP contribution >= 0.6 is 0 Å². The molecular formula is C18H15N7O5. The number of nitrogens with zero attached hydrogens (tertiary/aromatic N) is 4. The highest BCUT2D eigenvalue weighted by atomic mass is 16.6. The van der Waals surface area contributed by atoms with Gasteiger partial charge in [-0.25, -0.2) is 14.8 Å². The smallest absolute Gasteiger partial charge is 0.355 e. The van der Waals surface area contributed by atoms with E-state index in [0.717, 1.165) is 6.33 Å². The van der Waals surface area contributed by atoms with E-state index in [4.69, 9.17) is 0 Å². The van der Waals surface area contributed by atoms with Crippen molar-refractivity contribution in [1.29, 1.82) is 0 Å². The number of aromatic nitrogens is 3. The largest absolute Gasteiger partial charge is 0.465 e. The Hall–Kier alpha value is -4.61. The van der Waals surface area contributed by atoms with Crippen molar-refractivity contribution < 1.29 is 19.2 Å². The lowest BCUT2D eigenvalue weighted by Crippen LogP contribution is -2.31. The number of methoxy groups -OCH3 is 1. The second-order valence-electron chi connectivity index (χ2n) is 5.66. The first-order chi connectivity index (χ1) is 14.5. The molecule has 12 nitrogen and oxygen atoms in total. The van der Waals surface area contributed by atoms with E-state index in [9.17, 15) is 19.7 Å². The number of pyridine rings is 1. The lowest BCUT2D eigenvalue weighted by molar-refractivity contribution is -0.383. The third kappa shape index (κ3) is 4.62. The van der Waals surface area contributed by atoms with Crippen molar-refractivity contribution in [1.82, 2.24) is 20.4 Å². The quantitative estimate of drug-likeness (QED) is 0.299. The number of nitro groups is 1. The summed E-state index contributed by atoms with van der Waals surface area (Å²) < 4.78 is 4.62. The van der Waals surface area contributed by atoms with Crippen molar-refractivity contribution in [2.24, 2.45) is 0 Å². The van der Waals surface area contributed by atoms with E-state index < -0.39 is 22.5 Å². The van der Waals surface area contributed by atoms with Crippen LogP contribution in [0.1, 0.15) is 20.8 Å². The van der Waals surface area contributed by atoms with Gasteiger partial charge in [0.25, 0.3) is 5.91 Å². The van der Waals surface area contributed by atoms with E-state index in [0.29, 0.717) is 11.3 Å². The Balaban J connectivity index is 1.80. The molecule has 30 heavy (non-hydrogen) atoms. The molecule has 3 N–H and O–H groups in total. The number of amides is 1. The van der Waals surface area contributed by atoms with Gasteiger partial charge in [-0.1, -0.05) is 6.07 Å². The summed E-state index contributed by atoms with van der Waals surface area (Å²) in [4.78, 5) is 46.1. The van der Waals surface area contributed by atoms with Crippen LogP contribution in [0.3, 0.4) is 0 Å². The van der Waals surface area contributed by atoms with Gasteiger partial charge in [-0.05, 0) is 36.4 Å². The average Bonchev–Trinajstić information content (AvgIpc) is 2.77. The van der Waals surface area contributed by atoms with Crippen molar-refractivity contribution in [3.63, 3.8) is 0 Å². The van der Waals surface area contributed by atoms with Crippen LogP contribution < -0.4 is 16.2 Å². The molecule has 0 radical (unpaired) electrons. The molecule has 0 aliphatic rings. The highest BCUT2D eigenvalue weighted by molar-refractivity contribution is 5.93. The van der Waals surface area contributed by atoms with Gasteiger partial charge in [0.15, 0.2) is 0 Å². The Labute approximate surface area is 169 Å². The van der Waals surface area contributed by atoms with Crippen LogP contribution in [0.15, 0.2) is 55.0 Å². The Kier molecular flexibility index (Phi) is 6.08. The number of hydrogen-bond acceptors (Lipinski definition) is 10. The third-order valence-electron chi connectivity index (χ3n) is 3.77. The summed E-state index contributed by atoms with van der Waals surface area (Å²) in [5.41, 5.74) is 5.10. The van der Waals surface area contributed by atoms with Crippen molar-refractivity contribution in [2.75, 3.05) is 17.9 Å². The average molecular weight is 409 g/mol. The molecule has 2 aromatic heterocycles. The molecule has 0 saturated heterocycles. The molecule has 0 bridgehead atoms. The van der Waals surface area contributed by atoms with Crippen LogP contribution in [0.4, 0.5) is 23.0 Å². The fraction of sp³-hybridized carbons (Fsp3) is 0.0556. The van der Waals surface area contributed by atoms with Gasteiger partial charge in [-0.3, -0.25) is 30.7 Å². The first-order valence-corrected chi connectivity index (χ1v) is 8.41. The zero-order valence-electron chi connectivity index (χ0n) is 15.5. The molecule has 3 rings (SSSR count). The summed E-state index contributed by atoms with van der Waals surface area (Å²) in [6.07, 6.45) is 2.53. The Morgan fingerprint density at radius 2 is 1.77 bits per heavy atom. The van der Waals surface area contributed by atoms with Crippen LogP contribution in [0.5, 0.6) is 0 Å². The van der Waals surface area contributed by atoms with Crippen LogP contribution in [-0.2, 0) is 4.74 Å². The number of anilines is 3. The molecule has 12 heteroatoms. The summed E-state index contributed by atoms with van der Waals surface area (Å²) in [6, 6.07) is 10.8. The maximum Gasteiger partial charge on any atom is 0.355 e. The third-order valence-corrected chi connectivity index (χ3v) is 3.77. The molecule has 1 amide bonds. The molecule has 0 aliphatic heterocycles. The molecule has 0 atom stereocenters. The first-order valence-electron chi connectivity index (χ1n) is 8.41. The number of hydrogen-bond donors (Lipinski definition) is 3. The van der Waals surface area contributed by atoms with Crippen molar-refractivity contribution in [2.45, 2.75) is 0 Å². The zero-order valence-corrected chi connectivity index (χ0v) is 15.5. The predicted molar refractivity (Wildman–Crippen MR) is 105 cm³/mol. The van der Waals surface area contributed by atoms with E-state index in [2.05, 4.69) is 35.9 Å². The van der Waals surface area contributed by atoms with Gasteiger partial charge >= 0.3 is 11.7 Å². The maximum atomic E-state index is 12.1. The minimum Gasteiger partial charge on any atom is -0.465 e. The maximum absolute atomic E-state index is 12.1. The number of esters is 1. The van der Waals surface area contributed by atoms with Gasteiger partial charge in [-0.15, -0.1) is 0 Å². The SMILES string of the molecule is COC(=O)c1ccc(Nc2ncnc(NNC(=O)c3ccccn3)c2[N+](=O)[O-])cc1. The molecule has 3 aromatic rings. The Morgan fingerprint density at radius 1 is 1.03 bits per heavy atom. The number of rotatable bonds is 7. The number of ether oxygens (including phenoxy) is 1. The summed E-state index contributed by atoms with van der Waals surface area (Å²) >= 11 is 0. The predicted octanol–water partition coefficient (Wildman–Crippen LogP) is 2.07. The molecule has 0 saturated carbocycles. The monoisotopic (exact) mass is 409 g/mol. The first kappa shape index (κ1) is 20.1. The molecule has 152 valence electrons. The summed E-state index contributed by atoms with van der Waals surface area (Å²) in [5, 5.41) is 14.4. The van der Waals surface area contributed by atoms with Crippen molar-refractivity contribution in [3.05, 3.63) is 76.4 Å². The van der Waals surface area contributed by atoms with E-state index in [1.54, 1.807) is 12.1 Å². The topological polar surface area (TPSA) is 161 Å². The highest BCUT2D eigenvalue weighted by Crippen LogP contribution is 2.30. The number of carbonyl (C=O) groups is 2. The standard InChI is InChI=1S/C18H15N7O5/c1-30-18(27)11-5-7-12(8-6-11)22-15-14(25(28)29)16(21-10-20-15)23-24-17(26)13-4-2-3-9-19-13/h2-10H,1H3,(H,24,26)(H2,20,21,22,23). The summed E-state index contributed by atoms with van der Waals surface area (Å²) in [6.45, 7) is 0. The number of nitrogens with one attached hydrogen (secondary N) is 3. The van der Waals surface area contributed by atoms with Crippen LogP contribution in [0.2, 0.25) is 0 Å².